The van der Waals surface area contributed by atoms with E-state index >= 15 is 0 Å². The Balaban J connectivity index is 0.000000784. The van der Waals surface area contributed by atoms with E-state index in [0.29, 0.717) is 12.0 Å². The Morgan fingerprint density at radius 1 is 1.08 bits per heavy atom. The highest BCUT2D eigenvalue weighted by molar-refractivity contribution is 5.70. The normalized spacial score (nSPS) is 14.3. The Kier molecular flexibility index (Phi) is 18.4. The van der Waals surface area contributed by atoms with Crippen molar-refractivity contribution in [3.63, 3.8) is 0 Å². The van der Waals surface area contributed by atoms with Gasteiger partial charge in [-0.3, -0.25) is 9.89 Å². The van der Waals surface area contributed by atoms with Gasteiger partial charge in [-0.15, -0.1) is 0 Å². The third-order valence-corrected chi connectivity index (χ3v) is 5.40. The van der Waals surface area contributed by atoms with Gasteiger partial charge in [0.25, 0.3) is 0 Å². The van der Waals surface area contributed by atoms with Gasteiger partial charge in [-0.05, 0) is 71.4 Å². The molecular formula is C32H50FN3O2. The molecule has 1 aromatic rings. The second-order valence-corrected chi connectivity index (χ2v) is 9.38. The topological polar surface area (TPSA) is 67.9 Å². The van der Waals surface area contributed by atoms with E-state index in [0.717, 1.165) is 54.9 Å². The minimum Gasteiger partial charge on any atom is -0.457 e. The third-order valence-electron chi connectivity index (χ3n) is 5.40. The van der Waals surface area contributed by atoms with Crippen LogP contribution < -0.4 is 0 Å². The maximum Gasteiger partial charge on any atom is 0.306 e. The van der Waals surface area contributed by atoms with Gasteiger partial charge >= 0.3 is 5.97 Å². The van der Waals surface area contributed by atoms with Gasteiger partial charge in [0.15, 0.2) is 5.82 Å². The minimum absolute atomic E-state index is 0.172. The van der Waals surface area contributed by atoms with E-state index in [9.17, 15) is 9.18 Å². The van der Waals surface area contributed by atoms with Crippen molar-refractivity contribution in [1.29, 1.82) is 0 Å². The van der Waals surface area contributed by atoms with Crippen LogP contribution in [0.15, 0.2) is 65.8 Å². The summed E-state index contributed by atoms with van der Waals surface area (Å²) in [6.45, 7) is 17.0. The number of halogens is 1. The first-order valence-electron chi connectivity index (χ1n) is 13.9. The molecule has 1 rings (SSSR count). The van der Waals surface area contributed by atoms with Crippen LogP contribution >= 0.6 is 0 Å². The smallest absolute Gasteiger partial charge is 0.306 e. The Bertz CT molecular complexity index is 989. The van der Waals surface area contributed by atoms with Crippen molar-refractivity contribution in [2.45, 2.75) is 113 Å². The van der Waals surface area contributed by atoms with Gasteiger partial charge in [-0.1, -0.05) is 88.8 Å². The fourth-order valence-electron chi connectivity index (χ4n) is 3.45. The van der Waals surface area contributed by atoms with Gasteiger partial charge < -0.3 is 4.74 Å². The van der Waals surface area contributed by atoms with Crippen LogP contribution in [0.25, 0.3) is 5.57 Å². The molecule has 0 radical (unpaired) electrons. The number of aromatic amines is 1. The van der Waals surface area contributed by atoms with Gasteiger partial charge in [-0.2, -0.15) is 5.10 Å². The zero-order valence-electron chi connectivity index (χ0n) is 25.1. The predicted molar refractivity (Wildman–Crippen MR) is 159 cm³/mol. The van der Waals surface area contributed by atoms with Crippen LogP contribution in [0.2, 0.25) is 0 Å². The van der Waals surface area contributed by atoms with Crippen molar-refractivity contribution in [3.8, 4) is 0 Å². The van der Waals surface area contributed by atoms with Crippen LogP contribution in [0.4, 0.5) is 4.39 Å². The molecule has 0 fully saturated rings. The fourth-order valence-corrected chi connectivity index (χ4v) is 3.45. The van der Waals surface area contributed by atoms with Crippen molar-refractivity contribution < 1.29 is 13.9 Å². The van der Waals surface area contributed by atoms with E-state index in [1.54, 1.807) is 19.9 Å². The minimum atomic E-state index is -1.38. The lowest BCUT2D eigenvalue weighted by Crippen LogP contribution is -2.20. The second kappa shape index (κ2) is 20.0. The number of hydrogen-bond donors (Lipinski definition) is 1. The average Bonchev–Trinajstić information content (AvgIpc) is 3.29. The molecule has 0 aliphatic carbocycles. The molecule has 0 aromatic carbocycles. The highest BCUT2D eigenvalue weighted by atomic mass is 19.1. The lowest BCUT2D eigenvalue weighted by molar-refractivity contribution is -0.147. The Morgan fingerprint density at radius 3 is 2.26 bits per heavy atom. The molecule has 1 N–H and O–H groups in total. The molecule has 0 aliphatic rings. The van der Waals surface area contributed by atoms with Crippen molar-refractivity contribution in [1.82, 2.24) is 15.2 Å². The summed E-state index contributed by atoms with van der Waals surface area (Å²) in [5.41, 5.74) is 1.20. The molecule has 1 atom stereocenters. The van der Waals surface area contributed by atoms with E-state index in [1.807, 2.05) is 77.2 Å². The first kappa shape index (κ1) is 35.0. The maximum absolute atomic E-state index is 14.2. The number of allylic oxidation sites excluding steroid dienone is 10. The molecule has 0 saturated carbocycles. The van der Waals surface area contributed by atoms with Crippen LogP contribution in [0.5, 0.6) is 0 Å². The monoisotopic (exact) mass is 527 g/mol. The van der Waals surface area contributed by atoms with Gasteiger partial charge in [-0.25, -0.2) is 9.37 Å². The van der Waals surface area contributed by atoms with Crippen LogP contribution in [-0.4, -0.2) is 32.9 Å². The zero-order valence-corrected chi connectivity index (χ0v) is 25.1. The summed E-state index contributed by atoms with van der Waals surface area (Å²) in [5.74, 6) is 1.40. The molecule has 0 aliphatic heterocycles. The second-order valence-electron chi connectivity index (χ2n) is 9.38. The summed E-state index contributed by atoms with van der Waals surface area (Å²) in [5, 5.41) is 6.96. The summed E-state index contributed by atoms with van der Waals surface area (Å²) in [7, 11) is 0. The molecular weight excluding hydrogens is 477 g/mol. The summed E-state index contributed by atoms with van der Waals surface area (Å²) in [6.07, 6.45) is 22.1. The molecule has 0 bridgehead atoms. The number of nitrogens with zero attached hydrogens (tertiary/aromatic N) is 2. The van der Waals surface area contributed by atoms with Crippen molar-refractivity contribution in [2.24, 2.45) is 0 Å². The highest BCUT2D eigenvalue weighted by Gasteiger charge is 2.20. The van der Waals surface area contributed by atoms with Crippen molar-refractivity contribution in [3.05, 3.63) is 77.5 Å². The number of nitrogens with one attached hydrogen (secondary N) is 1. The van der Waals surface area contributed by atoms with E-state index in [4.69, 9.17) is 4.74 Å². The SMILES string of the molecule is C\C=C(/C=C\C(=C/CC)C(C)(C)F)C(CCC)OC(=O)CCC.C\C=C/C(=C\C=C\CC)c1n[nH]c(C)n1. The third kappa shape index (κ3) is 14.7. The molecule has 1 heterocycles. The lowest BCUT2D eigenvalue weighted by atomic mass is 9.96. The van der Waals surface area contributed by atoms with Crippen molar-refractivity contribution >= 4 is 11.5 Å². The van der Waals surface area contributed by atoms with Gasteiger partial charge in [0.05, 0.1) is 0 Å². The molecule has 38 heavy (non-hydrogen) atoms. The molecule has 0 saturated heterocycles. The average molecular weight is 528 g/mol. The van der Waals surface area contributed by atoms with E-state index in [1.165, 1.54) is 0 Å². The number of rotatable bonds is 14. The molecule has 1 aromatic heterocycles. The van der Waals surface area contributed by atoms with Gasteiger partial charge in [0, 0.05) is 12.0 Å². The number of aromatic nitrogens is 3. The van der Waals surface area contributed by atoms with Crippen LogP contribution in [0, 0.1) is 6.92 Å². The molecule has 1 unspecified atom stereocenters. The highest BCUT2D eigenvalue weighted by Crippen LogP contribution is 2.24. The fraction of sp³-hybridized carbons (Fsp3) is 0.531. The Labute approximate surface area is 230 Å². The maximum atomic E-state index is 14.2. The zero-order chi connectivity index (χ0) is 29.0. The Morgan fingerprint density at radius 2 is 1.79 bits per heavy atom. The van der Waals surface area contributed by atoms with Crippen LogP contribution in [-0.2, 0) is 9.53 Å². The van der Waals surface area contributed by atoms with Crippen LogP contribution in [0.1, 0.15) is 106 Å². The molecule has 0 amide bonds. The first-order chi connectivity index (χ1) is 18.1. The van der Waals surface area contributed by atoms with Gasteiger partial charge in [0.1, 0.15) is 17.6 Å². The quantitative estimate of drug-likeness (QED) is 0.193. The standard InChI is InChI=1S/C20H33FO2.C12H17N3/c1-7-11-17(20(5,6)21)15-14-16(10-4)18(12-8-2)23-19(22)13-9-3;1-4-6-7-9-11(8-5-2)12-13-10(3)14-15-12/h10-11,14-15,18H,7-9,12-13H2,1-6H3;5-9H,4H2,1-3H3,(H,13,14,15)/b15-14-,16-10+,17-11+;7-6+,8-5-,11-9+. The number of aryl methyl sites for hydroxylation is 1. The largest absolute Gasteiger partial charge is 0.457 e. The molecule has 212 valence electrons. The van der Waals surface area contributed by atoms with Gasteiger partial charge in [0.2, 0.25) is 0 Å². The summed E-state index contributed by atoms with van der Waals surface area (Å²) < 4.78 is 19.8. The van der Waals surface area contributed by atoms with Crippen molar-refractivity contribution in [2.75, 3.05) is 0 Å². The molecule has 6 heteroatoms. The number of hydrogen-bond acceptors (Lipinski definition) is 4. The summed E-state index contributed by atoms with van der Waals surface area (Å²) in [4.78, 5) is 16.1. The summed E-state index contributed by atoms with van der Waals surface area (Å²) in [6, 6.07) is 0. The first-order valence-corrected chi connectivity index (χ1v) is 13.9. The number of carbonyl (C=O) groups excluding carboxylic acids is 1. The number of ether oxygens (including phenoxy) is 1. The number of alkyl halides is 1. The van der Waals surface area contributed by atoms with E-state index < -0.39 is 5.67 Å². The van der Waals surface area contributed by atoms with E-state index in [2.05, 4.69) is 35.1 Å². The number of H-pyrrole nitrogens is 1. The summed E-state index contributed by atoms with van der Waals surface area (Å²) >= 11 is 0. The van der Waals surface area contributed by atoms with E-state index in [-0.39, 0.29) is 12.1 Å². The predicted octanol–water partition coefficient (Wildman–Crippen LogP) is 9.12. The molecule has 5 nitrogen and oxygen atoms in total. The Hall–Kier alpha value is -3.02. The lowest BCUT2D eigenvalue weighted by Gasteiger charge is -2.20. The van der Waals surface area contributed by atoms with Crippen LogP contribution in [0.3, 0.4) is 0 Å². The molecule has 0 spiro atoms. The number of carbonyl (C=O) groups is 1. The number of esters is 1.